The number of esters is 1. The van der Waals surface area contributed by atoms with E-state index in [1.54, 1.807) is 44.4 Å². The Bertz CT molecular complexity index is 727. The number of ether oxygens (including phenoxy) is 2. The Kier molecular flexibility index (Phi) is 5.42. The van der Waals surface area contributed by atoms with Crippen molar-refractivity contribution in [3.8, 4) is 11.5 Å². The molecule has 0 aliphatic heterocycles. The number of methoxy groups -OCH3 is 1. The van der Waals surface area contributed by atoms with Gasteiger partial charge in [-0.25, -0.2) is 4.79 Å². The average Bonchev–Trinajstić information content (AvgIpc) is 2.60. The van der Waals surface area contributed by atoms with Crippen LogP contribution in [0, 0.1) is 0 Å². The molecule has 2 aromatic carbocycles. The van der Waals surface area contributed by atoms with Crippen molar-refractivity contribution in [1.29, 1.82) is 0 Å². The fourth-order valence-electron chi connectivity index (χ4n) is 2.10. The van der Waals surface area contributed by atoms with Crippen molar-refractivity contribution in [3.63, 3.8) is 0 Å². The number of aromatic hydroxyl groups is 1. The summed E-state index contributed by atoms with van der Waals surface area (Å²) in [6, 6.07) is 12.9. The van der Waals surface area contributed by atoms with Crippen LogP contribution in [0.15, 0.2) is 48.5 Å². The molecule has 0 aromatic heterocycles. The summed E-state index contributed by atoms with van der Waals surface area (Å²) in [5.74, 6) is -1.03. The topological polar surface area (TPSA) is 76.1 Å². The highest BCUT2D eigenvalue weighted by molar-refractivity contribution is 5.95. The summed E-state index contributed by atoms with van der Waals surface area (Å²) in [6.07, 6.45) is -1.10. The van der Waals surface area contributed by atoms with Gasteiger partial charge in [0.15, 0.2) is 0 Å². The fourth-order valence-corrected chi connectivity index (χ4v) is 2.10. The van der Waals surface area contributed by atoms with E-state index in [-0.39, 0.29) is 17.2 Å². The summed E-state index contributed by atoms with van der Waals surface area (Å²) in [7, 11) is 4.61. The Labute approximate surface area is 140 Å². The second-order valence-electron chi connectivity index (χ2n) is 5.31. The van der Waals surface area contributed by atoms with Gasteiger partial charge >= 0.3 is 5.97 Å². The summed E-state index contributed by atoms with van der Waals surface area (Å²) in [5, 5.41) is 9.88. The van der Waals surface area contributed by atoms with Crippen molar-refractivity contribution in [1.82, 2.24) is 4.90 Å². The first kappa shape index (κ1) is 17.3. The van der Waals surface area contributed by atoms with Crippen molar-refractivity contribution in [2.24, 2.45) is 0 Å². The predicted octanol–water partition coefficient (Wildman–Crippen LogP) is 2.39. The molecular weight excluding hydrogens is 310 g/mol. The van der Waals surface area contributed by atoms with Gasteiger partial charge < -0.3 is 19.5 Å². The second kappa shape index (κ2) is 7.50. The highest BCUT2D eigenvalue weighted by atomic mass is 16.5. The number of rotatable bonds is 5. The molecule has 0 fully saturated rings. The maximum atomic E-state index is 12.4. The maximum Gasteiger partial charge on any atom is 0.343 e. The van der Waals surface area contributed by atoms with Crippen LogP contribution in [0.3, 0.4) is 0 Å². The molecular formula is C18H19NO5. The maximum absolute atomic E-state index is 12.4. The number of hydrogen-bond donors (Lipinski definition) is 1. The number of amides is 1. The van der Waals surface area contributed by atoms with Gasteiger partial charge in [-0.2, -0.15) is 0 Å². The van der Waals surface area contributed by atoms with Gasteiger partial charge in [0.1, 0.15) is 17.1 Å². The Morgan fingerprint density at radius 2 is 1.75 bits per heavy atom. The van der Waals surface area contributed by atoms with E-state index in [0.29, 0.717) is 11.3 Å². The fraction of sp³-hybridized carbons (Fsp3) is 0.222. The van der Waals surface area contributed by atoms with E-state index < -0.39 is 12.1 Å². The molecule has 0 aliphatic carbocycles. The van der Waals surface area contributed by atoms with Crippen molar-refractivity contribution in [2.75, 3.05) is 21.2 Å². The van der Waals surface area contributed by atoms with Gasteiger partial charge in [-0.3, -0.25) is 4.79 Å². The molecule has 1 N–H and O–H groups in total. The first-order valence-electron chi connectivity index (χ1n) is 7.28. The number of nitrogens with zero attached hydrogens (tertiary/aromatic N) is 1. The van der Waals surface area contributed by atoms with Crippen molar-refractivity contribution < 1.29 is 24.2 Å². The second-order valence-corrected chi connectivity index (χ2v) is 5.31. The average molecular weight is 329 g/mol. The molecule has 1 atom stereocenters. The molecule has 1 amide bonds. The van der Waals surface area contributed by atoms with Crippen molar-refractivity contribution in [2.45, 2.75) is 6.10 Å². The smallest absolute Gasteiger partial charge is 0.343 e. The van der Waals surface area contributed by atoms with E-state index in [9.17, 15) is 14.7 Å². The molecule has 0 unspecified atom stereocenters. The number of benzene rings is 2. The third kappa shape index (κ3) is 3.84. The third-order valence-electron chi connectivity index (χ3n) is 3.42. The molecule has 2 aromatic rings. The van der Waals surface area contributed by atoms with E-state index in [0.717, 1.165) is 0 Å². The monoisotopic (exact) mass is 329 g/mol. The minimum atomic E-state index is -1.10. The Hall–Kier alpha value is -3.02. The van der Waals surface area contributed by atoms with E-state index >= 15 is 0 Å². The minimum Gasteiger partial charge on any atom is -0.507 e. The number of likely N-dealkylation sites (N-methyl/N-ethyl adjacent to an activating group) is 1. The van der Waals surface area contributed by atoms with Crippen LogP contribution in [0.2, 0.25) is 0 Å². The molecule has 0 saturated heterocycles. The summed E-state index contributed by atoms with van der Waals surface area (Å²) in [6.45, 7) is 0. The van der Waals surface area contributed by atoms with E-state index in [2.05, 4.69) is 0 Å². The normalized spacial score (nSPS) is 11.5. The molecule has 24 heavy (non-hydrogen) atoms. The molecule has 0 heterocycles. The summed E-state index contributed by atoms with van der Waals surface area (Å²) in [5.41, 5.74) is 0.480. The molecule has 0 radical (unpaired) electrons. The number of carbonyl (C=O) groups excluding carboxylic acids is 2. The zero-order valence-corrected chi connectivity index (χ0v) is 13.7. The van der Waals surface area contributed by atoms with Crippen molar-refractivity contribution in [3.05, 3.63) is 59.7 Å². The molecule has 0 saturated carbocycles. The molecule has 0 spiro atoms. The standard InChI is InChI=1S/C18H19NO5/c1-19(2)17(21)16(12-7-5-4-6-8-12)24-18(22)14-11-13(23-3)9-10-15(14)20/h4-11,16,20H,1-3H3/t16-/m0/s1. The number of carbonyl (C=O) groups is 2. The highest BCUT2D eigenvalue weighted by Gasteiger charge is 2.28. The van der Waals surface area contributed by atoms with Crippen LogP contribution in [0.25, 0.3) is 0 Å². The van der Waals surface area contributed by atoms with Crippen LogP contribution in [0.1, 0.15) is 22.0 Å². The van der Waals surface area contributed by atoms with Crippen LogP contribution in [-0.4, -0.2) is 43.1 Å². The quantitative estimate of drug-likeness (QED) is 0.853. The zero-order chi connectivity index (χ0) is 17.7. The van der Waals surface area contributed by atoms with E-state index in [1.807, 2.05) is 0 Å². The Morgan fingerprint density at radius 1 is 1.08 bits per heavy atom. The molecule has 0 aliphatic rings. The lowest BCUT2D eigenvalue weighted by Crippen LogP contribution is -2.31. The first-order chi connectivity index (χ1) is 11.4. The number of phenolic OH excluding ortho intramolecular Hbond substituents is 1. The summed E-state index contributed by atoms with van der Waals surface area (Å²) >= 11 is 0. The van der Waals surface area contributed by atoms with E-state index in [4.69, 9.17) is 9.47 Å². The number of hydrogen-bond acceptors (Lipinski definition) is 5. The van der Waals surface area contributed by atoms with Crippen LogP contribution < -0.4 is 4.74 Å². The van der Waals surface area contributed by atoms with Crippen molar-refractivity contribution >= 4 is 11.9 Å². The lowest BCUT2D eigenvalue weighted by molar-refractivity contribution is -0.138. The SMILES string of the molecule is COc1ccc(O)c(C(=O)O[C@H](C(=O)N(C)C)c2ccccc2)c1. The number of phenols is 1. The van der Waals surface area contributed by atoms with Crippen LogP contribution >= 0.6 is 0 Å². The summed E-state index contributed by atoms with van der Waals surface area (Å²) in [4.78, 5) is 26.2. The van der Waals surface area contributed by atoms with Gasteiger partial charge in [0.05, 0.1) is 7.11 Å². The van der Waals surface area contributed by atoms with Crippen LogP contribution in [-0.2, 0) is 9.53 Å². The van der Waals surface area contributed by atoms with Gasteiger partial charge in [0, 0.05) is 19.7 Å². The molecule has 6 heteroatoms. The molecule has 6 nitrogen and oxygen atoms in total. The third-order valence-corrected chi connectivity index (χ3v) is 3.42. The summed E-state index contributed by atoms with van der Waals surface area (Å²) < 4.78 is 10.4. The molecule has 2 rings (SSSR count). The lowest BCUT2D eigenvalue weighted by atomic mass is 10.1. The van der Waals surface area contributed by atoms with Gasteiger partial charge in [-0.1, -0.05) is 30.3 Å². The van der Waals surface area contributed by atoms with Gasteiger partial charge in [0.25, 0.3) is 5.91 Å². The van der Waals surface area contributed by atoms with Crippen LogP contribution in [0.4, 0.5) is 0 Å². The highest BCUT2D eigenvalue weighted by Crippen LogP contribution is 2.27. The van der Waals surface area contributed by atoms with Gasteiger partial charge in [-0.05, 0) is 18.2 Å². The Balaban J connectivity index is 2.33. The van der Waals surface area contributed by atoms with Gasteiger partial charge in [0.2, 0.25) is 6.10 Å². The predicted molar refractivity (Wildman–Crippen MR) is 88.0 cm³/mol. The lowest BCUT2D eigenvalue weighted by Gasteiger charge is -2.21. The Morgan fingerprint density at radius 3 is 2.33 bits per heavy atom. The minimum absolute atomic E-state index is 0.0677. The zero-order valence-electron chi connectivity index (χ0n) is 13.7. The largest absolute Gasteiger partial charge is 0.507 e. The van der Waals surface area contributed by atoms with E-state index in [1.165, 1.54) is 30.2 Å². The van der Waals surface area contributed by atoms with Crippen LogP contribution in [0.5, 0.6) is 11.5 Å². The first-order valence-corrected chi connectivity index (χ1v) is 7.28. The molecule has 0 bridgehead atoms. The van der Waals surface area contributed by atoms with Gasteiger partial charge in [-0.15, -0.1) is 0 Å². The molecule has 126 valence electrons.